The molecule has 1 aliphatic carbocycles. The molecule has 0 radical (unpaired) electrons. The number of amides is 1. The highest BCUT2D eigenvalue weighted by atomic mass is 16.2. The first-order valence-electron chi connectivity index (χ1n) is 7.11. The summed E-state index contributed by atoms with van der Waals surface area (Å²) in [5, 5.41) is 11.8. The summed E-state index contributed by atoms with van der Waals surface area (Å²) in [6.07, 6.45) is 3.63. The second-order valence-corrected chi connectivity index (χ2v) is 5.56. The van der Waals surface area contributed by atoms with Crippen LogP contribution in [0.4, 0.5) is 0 Å². The van der Waals surface area contributed by atoms with Crippen molar-refractivity contribution in [2.75, 3.05) is 6.61 Å². The summed E-state index contributed by atoms with van der Waals surface area (Å²) >= 11 is 0. The zero-order valence-electron chi connectivity index (χ0n) is 12.1. The lowest BCUT2D eigenvalue weighted by Crippen LogP contribution is -2.33. The number of rotatable bonds is 4. The minimum Gasteiger partial charge on any atom is -0.384 e. The number of hydrogen-bond donors (Lipinski definition) is 2. The normalized spacial score (nSPS) is 15.2. The van der Waals surface area contributed by atoms with Gasteiger partial charge in [0.2, 0.25) is 0 Å². The predicted octanol–water partition coefficient (Wildman–Crippen LogP) is 2.26. The van der Waals surface area contributed by atoms with E-state index < -0.39 is 0 Å². The Labute approximate surface area is 120 Å². The molecule has 0 heterocycles. The number of aryl methyl sites for hydroxylation is 1. The van der Waals surface area contributed by atoms with E-state index in [1.54, 1.807) is 0 Å². The first-order valence-corrected chi connectivity index (χ1v) is 7.11. The third-order valence-corrected chi connectivity index (χ3v) is 3.48. The van der Waals surface area contributed by atoms with Gasteiger partial charge in [-0.2, -0.15) is 0 Å². The van der Waals surface area contributed by atoms with Crippen molar-refractivity contribution in [1.82, 2.24) is 5.32 Å². The molecule has 0 saturated heterocycles. The number of carbonyl (C=O) groups excluding carboxylic acids is 1. The number of nitrogens with one attached hydrogen (secondary N) is 1. The molecule has 3 nitrogen and oxygen atoms in total. The lowest BCUT2D eigenvalue weighted by molar-refractivity contribution is 0.0937. The molecule has 1 atom stereocenters. The maximum Gasteiger partial charge on any atom is 0.252 e. The topological polar surface area (TPSA) is 49.3 Å². The summed E-state index contributed by atoms with van der Waals surface area (Å²) in [6.45, 7) is 3.80. The maximum atomic E-state index is 12.4. The molecule has 1 fully saturated rings. The molecule has 1 aliphatic rings. The monoisotopic (exact) mass is 271 g/mol. The molecule has 1 unspecified atom stereocenters. The average molecular weight is 271 g/mol. The van der Waals surface area contributed by atoms with Crippen molar-refractivity contribution >= 4 is 5.91 Å². The lowest BCUT2D eigenvalue weighted by Gasteiger charge is -2.14. The number of carbonyl (C=O) groups is 1. The van der Waals surface area contributed by atoms with Gasteiger partial charge in [-0.3, -0.25) is 4.79 Å². The Hall–Kier alpha value is -1.79. The molecule has 0 aromatic heterocycles. The number of hydrogen-bond acceptors (Lipinski definition) is 2. The fourth-order valence-corrected chi connectivity index (χ4v) is 2.30. The summed E-state index contributed by atoms with van der Waals surface area (Å²) in [5.74, 6) is 6.15. The van der Waals surface area contributed by atoms with Crippen LogP contribution >= 0.6 is 0 Å². The first kappa shape index (κ1) is 14.6. The highest BCUT2D eigenvalue weighted by molar-refractivity contribution is 5.97. The SMILES string of the molecule is Cc1ccc(C#CCO)c(C(=O)NC(C)CC2CC2)c1. The molecule has 1 aromatic rings. The van der Waals surface area contributed by atoms with Crippen molar-refractivity contribution in [1.29, 1.82) is 0 Å². The number of aliphatic hydroxyl groups is 1. The van der Waals surface area contributed by atoms with Crippen molar-refractivity contribution in [2.24, 2.45) is 5.92 Å². The van der Waals surface area contributed by atoms with Crippen LogP contribution in [0.15, 0.2) is 18.2 Å². The Bertz CT molecular complexity index is 550. The molecular formula is C17H21NO2. The van der Waals surface area contributed by atoms with Gasteiger partial charge in [-0.15, -0.1) is 0 Å². The molecule has 3 heteroatoms. The molecule has 20 heavy (non-hydrogen) atoms. The summed E-state index contributed by atoms with van der Waals surface area (Å²) in [6, 6.07) is 5.79. The van der Waals surface area contributed by atoms with E-state index in [-0.39, 0.29) is 18.6 Å². The fourth-order valence-electron chi connectivity index (χ4n) is 2.30. The minimum atomic E-state index is -0.201. The highest BCUT2D eigenvalue weighted by Crippen LogP contribution is 2.33. The molecule has 2 rings (SSSR count). The van der Waals surface area contributed by atoms with E-state index in [2.05, 4.69) is 17.2 Å². The Morgan fingerprint density at radius 1 is 1.50 bits per heavy atom. The fraction of sp³-hybridized carbons (Fsp3) is 0.471. The van der Waals surface area contributed by atoms with Crippen LogP contribution in [0.25, 0.3) is 0 Å². The van der Waals surface area contributed by atoms with Crippen molar-refractivity contribution in [3.63, 3.8) is 0 Å². The van der Waals surface area contributed by atoms with Gasteiger partial charge in [0.25, 0.3) is 5.91 Å². The van der Waals surface area contributed by atoms with E-state index >= 15 is 0 Å². The van der Waals surface area contributed by atoms with E-state index in [9.17, 15) is 4.79 Å². The van der Waals surface area contributed by atoms with E-state index in [0.717, 1.165) is 17.9 Å². The maximum absolute atomic E-state index is 12.4. The highest BCUT2D eigenvalue weighted by Gasteiger charge is 2.24. The van der Waals surface area contributed by atoms with Crippen molar-refractivity contribution < 1.29 is 9.90 Å². The molecular weight excluding hydrogens is 250 g/mol. The summed E-state index contributed by atoms with van der Waals surface area (Å²) in [7, 11) is 0. The van der Waals surface area contributed by atoms with Crippen molar-refractivity contribution in [2.45, 2.75) is 39.2 Å². The van der Waals surface area contributed by atoms with E-state index in [1.807, 2.05) is 32.0 Å². The van der Waals surface area contributed by atoms with Crippen LogP contribution in [0.3, 0.4) is 0 Å². The third kappa shape index (κ3) is 4.11. The zero-order valence-corrected chi connectivity index (χ0v) is 12.1. The Morgan fingerprint density at radius 2 is 2.25 bits per heavy atom. The molecule has 2 N–H and O–H groups in total. The zero-order chi connectivity index (χ0) is 14.5. The Balaban J connectivity index is 2.12. The van der Waals surface area contributed by atoms with Crippen molar-refractivity contribution in [3.05, 3.63) is 34.9 Å². The van der Waals surface area contributed by atoms with Crippen molar-refractivity contribution in [3.8, 4) is 11.8 Å². The first-order chi connectivity index (χ1) is 9.60. The van der Waals surface area contributed by atoms with Gasteiger partial charge < -0.3 is 10.4 Å². The molecule has 0 bridgehead atoms. The third-order valence-electron chi connectivity index (χ3n) is 3.48. The van der Waals surface area contributed by atoms with Crippen LogP contribution in [0.1, 0.15) is 47.7 Å². The Kier molecular flexibility index (Phi) is 4.81. The quantitative estimate of drug-likeness (QED) is 0.825. The Morgan fingerprint density at radius 3 is 2.90 bits per heavy atom. The van der Waals surface area contributed by atoms with Gasteiger partial charge in [0, 0.05) is 11.6 Å². The number of aliphatic hydroxyl groups excluding tert-OH is 1. The molecule has 1 amide bonds. The number of benzene rings is 1. The average Bonchev–Trinajstić information content (AvgIpc) is 3.20. The van der Waals surface area contributed by atoms with Gasteiger partial charge in [0.15, 0.2) is 0 Å². The molecule has 1 saturated carbocycles. The van der Waals surface area contributed by atoms with Gasteiger partial charge in [-0.05, 0) is 38.3 Å². The van der Waals surface area contributed by atoms with Crippen LogP contribution in [-0.4, -0.2) is 23.7 Å². The largest absolute Gasteiger partial charge is 0.384 e. The van der Waals surface area contributed by atoms with Gasteiger partial charge in [0.05, 0.1) is 5.56 Å². The van der Waals surface area contributed by atoms with E-state index in [0.29, 0.717) is 11.1 Å². The van der Waals surface area contributed by atoms with Gasteiger partial charge in [-0.1, -0.05) is 36.3 Å². The minimum absolute atomic E-state index is 0.0795. The second kappa shape index (κ2) is 6.58. The molecule has 0 aliphatic heterocycles. The standard InChI is InChI=1S/C17H21NO2/c1-12-5-8-15(4-3-9-19)16(10-12)17(20)18-13(2)11-14-6-7-14/h5,8,10,13-14,19H,6-7,9,11H2,1-2H3,(H,18,20). The van der Waals surface area contributed by atoms with Gasteiger partial charge in [0.1, 0.15) is 6.61 Å². The summed E-state index contributed by atoms with van der Waals surface area (Å²) < 4.78 is 0. The summed E-state index contributed by atoms with van der Waals surface area (Å²) in [5.41, 5.74) is 2.29. The van der Waals surface area contributed by atoms with Crippen LogP contribution in [0.2, 0.25) is 0 Å². The second-order valence-electron chi connectivity index (χ2n) is 5.56. The smallest absolute Gasteiger partial charge is 0.252 e. The lowest BCUT2D eigenvalue weighted by atomic mass is 10.0. The predicted molar refractivity (Wildman–Crippen MR) is 79.4 cm³/mol. The molecule has 0 spiro atoms. The van der Waals surface area contributed by atoms with Gasteiger partial charge >= 0.3 is 0 Å². The van der Waals surface area contributed by atoms with E-state index in [4.69, 9.17) is 5.11 Å². The van der Waals surface area contributed by atoms with Crippen LogP contribution in [0.5, 0.6) is 0 Å². The van der Waals surface area contributed by atoms with Crippen LogP contribution in [0, 0.1) is 24.7 Å². The van der Waals surface area contributed by atoms with Crippen LogP contribution in [-0.2, 0) is 0 Å². The summed E-state index contributed by atoms with van der Waals surface area (Å²) in [4.78, 5) is 12.4. The van der Waals surface area contributed by atoms with Crippen LogP contribution < -0.4 is 5.32 Å². The van der Waals surface area contributed by atoms with Gasteiger partial charge in [-0.25, -0.2) is 0 Å². The molecule has 1 aromatic carbocycles. The van der Waals surface area contributed by atoms with E-state index in [1.165, 1.54) is 12.8 Å². The molecule has 106 valence electrons.